The Bertz CT molecular complexity index is 1040. The molecule has 0 saturated heterocycles. The van der Waals surface area contributed by atoms with E-state index in [0.717, 1.165) is 33.3 Å². The molecule has 3 heterocycles. The predicted octanol–water partition coefficient (Wildman–Crippen LogP) is 4.88. The van der Waals surface area contributed by atoms with Crippen molar-refractivity contribution >= 4 is 22.9 Å². The van der Waals surface area contributed by atoms with E-state index < -0.39 is 0 Å². The fraction of sp³-hybridized carbons (Fsp3) is 0.136. The molecular weight excluding hydrogens is 370 g/mol. The zero-order chi connectivity index (χ0) is 19.3. The Morgan fingerprint density at radius 2 is 2.00 bits per heavy atom. The third-order valence-electron chi connectivity index (χ3n) is 4.33. The average Bonchev–Trinajstić information content (AvgIpc) is 3.40. The van der Waals surface area contributed by atoms with Crippen molar-refractivity contribution in [1.82, 2.24) is 9.97 Å². The van der Waals surface area contributed by atoms with Gasteiger partial charge in [0.25, 0.3) is 0 Å². The molecule has 0 radical (unpaired) electrons. The Morgan fingerprint density at radius 3 is 2.71 bits per heavy atom. The number of carbonyl (C=O) groups excluding carboxylic acids is 1. The van der Waals surface area contributed by atoms with Crippen LogP contribution in [0.4, 0.5) is 5.69 Å². The fourth-order valence-electron chi connectivity index (χ4n) is 2.87. The number of rotatable bonds is 6. The van der Waals surface area contributed by atoms with Gasteiger partial charge in [-0.25, -0.2) is 4.98 Å². The van der Waals surface area contributed by atoms with Crippen LogP contribution in [0.1, 0.15) is 17.0 Å². The molecule has 1 amide bonds. The first-order valence-corrected chi connectivity index (χ1v) is 9.81. The second kappa shape index (κ2) is 8.19. The Hall–Kier alpha value is -3.25. The van der Waals surface area contributed by atoms with Gasteiger partial charge in [-0.05, 0) is 43.3 Å². The molecule has 0 aliphatic heterocycles. The minimum atomic E-state index is -0.0247. The highest BCUT2D eigenvalue weighted by Crippen LogP contribution is 2.24. The molecule has 6 heteroatoms. The van der Waals surface area contributed by atoms with Crippen LogP contribution in [0.2, 0.25) is 0 Å². The summed E-state index contributed by atoms with van der Waals surface area (Å²) in [6.07, 6.45) is 5.36. The molecule has 5 nitrogen and oxygen atoms in total. The fourth-order valence-corrected chi connectivity index (χ4v) is 3.68. The zero-order valence-electron chi connectivity index (χ0n) is 15.4. The van der Waals surface area contributed by atoms with Gasteiger partial charge < -0.3 is 9.32 Å². The Kier molecular flexibility index (Phi) is 5.30. The Labute approximate surface area is 167 Å². The summed E-state index contributed by atoms with van der Waals surface area (Å²) in [5.41, 5.74) is 3.70. The van der Waals surface area contributed by atoms with Crippen molar-refractivity contribution in [2.24, 2.45) is 0 Å². The molecule has 0 aliphatic rings. The van der Waals surface area contributed by atoms with Gasteiger partial charge in [-0.15, -0.1) is 11.3 Å². The summed E-state index contributed by atoms with van der Waals surface area (Å²) in [5.74, 6) is 0.714. The van der Waals surface area contributed by atoms with E-state index in [2.05, 4.69) is 9.97 Å². The predicted molar refractivity (Wildman–Crippen MR) is 110 cm³/mol. The van der Waals surface area contributed by atoms with E-state index in [1.807, 2.05) is 60.8 Å². The summed E-state index contributed by atoms with van der Waals surface area (Å²) in [6.45, 7) is 2.41. The van der Waals surface area contributed by atoms with Crippen molar-refractivity contribution in [3.8, 4) is 10.6 Å². The Morgan fingerprint density at radius 1 is 1.14 bits per heavy atom. The first-order valence-electron chi connectivity index (χ1n) is 8.93. The minimum Gasteiger partial charge on any atom is -0.467 e. The molecule has 140 valence electrons. The first-order chi connectivity index (χ1) is 13.7. The number of pyridine rings is 1. The van der Waals surface area contributed by atoms with Gasteiger partial charge in [-0.1, -0.05) is 17.7 Å². The standard InChI is InChI=1S/C22H19N3O2S/c1-16-6-8-19(9-7-16)25(14-20-5-3-11-27-20)21(26)12-18-15-28-22(24-18)17-4-2-10-23-13-17/h2-11,13,15H,12,14H2,1H3. The summed E-state index contributed by atoms with van der Waals surface area (Å²) in [7, 11) is 0. The quantitative estimate of drug-likeness (QED) is 0.471. The van der Waals surface area contributed by atoms with Gasteiger partial charge in [0.15, 0.2) is 0 Å². The molecule has 0 atom stereocenters. The summed E-state index contributed by atoms with van der Waals surface area (Å²) in [6, 6.07) is 15.5. The van der Waals surface area contributed by atoms with Gasteiger partial charge in [0.05, 0.1) is 24.9 Å². The number of amides is 1. The number of nitrogens with zero attached hydrogens (tertiary/aromatic N) is 3. The lowest BCUT2D eigenvalue weighted by atomic mass is 10.2. The summed E-state index contributed by atoms with van der Waals surface area (Å²) >= 11 is 1.52. The van der Waals surface area contributed by atoms with E-state index in [0.29, 0.717) is 6.54 Å². The van der Waals surface area contributed by atoms with E-state index in [9.17, 15) is 4.79 Å². The smallest absolute Gasteiger partial charge is 0.233 e. The first kappa shape index (κ1) is 18.1. The minimum absolute atomic E-state index is 0.0247. The van der Waals surface area contributed by atoms with Crippen LogP contribution in [0.25, 0.3) is 10.6 Å². The third-order valence-corrected chi connectivity index (χ3v) is 5.27. The van der Waals surface area contributed by atoms with E-state index in [1.54, 1.807) is 23.6 Å². The van der Waals surface area contributed by atoms with Gasteiger partial charge in [0, 0.05) is 29.0 Å². The summed E-state index contributed by atoms with van der Waals surface area (Å²) in [5, 5.41) is 2.80. The van der Waals surface area contributed by atoms with Crippen LogP contribution >= 0.6 is 11.3 Å². The number of hydrogen-bond donors (Lipinski definition) is 0. The highest BCUT2D eigenvalue weighted by atomic mass is 32.1. The normalized spacial score (nSPS) is 10.8. The molecule has 0 unspecified atom stereocenters. The number of benzene rings is 1. The lowest BCUT2D eigenvalue weighted by Gasteiger charge is -2.22. The summed E-state index contributed by atoms with van der Waals surface area (Å²) < 4.78 is 5.46. The van der Waals surface area contributed by atoms with Crippen LogP contribution in [-0.2, 0) is 17.8 Å². The molecule has 0 fully saturated rings. The molecule has 4 aromatic rings. The number of anilines is 1. The molecule has 4 rings (SSSR count). The van der Waals surface area contributed by atoms with Crippen molar-refractivity contribution in [2.75, 3.05) is 4.90 Å². The highest BCUT2D eigenvalue weighted by molar-refractivity contribution is 7.13. The van der Waals surface area contributed by atoms with Gasteiger partial charge in [-0.2, -0.15) is 0 Å². The second-order valence-corrected chi connectivity index (χ2v) is 7.32. The number of furan rings is 1. The zero-order valence-corrected chi connectivity index (χ0v) is 16.2. The van der Waals surface area contributed by atoms with Gasteiger partial charge >= 0.3 is 0 Å². The number of aromatic nitrogens is 2. The maximum atomic E-state index is 13.1. The molecule has 0 bridgehead atoms. The topological polar surface area (TPSA) is 59.2 Å². The highest BCUT2D eigenvalue weighted by Gasteiger charge is 2.19. The van der Waals surface area contributed by atoms with Crippen LogP contribution in [0.15, 0.2) is 77.0 Å². The van der Waals surface area contributed by atoms with E-state index in [1.165, 1.54) is 11.3 Å². The number of hydrogen-bond acceptors (Lipinski definition) is 5. The molecule has 0 aliphatic carbocycles. The van der Waals surface area contributed by atoms with E-state index >= 15 is 0 Å². The van der Waals surface area contributed by atoms with Crippen molar-refractivity contribution in [3.63, 3.8) is 0 Å². The molecule has 28 heavy (non-hydrogen) atoms. The lowest BCUT2D eigenvalue weighted by molar-refractivity contribution is -0.118. The van der Waals surface area contributed by atoms with Crippen LogP contribution in [-0.4, -0.2) is 15.9 Å². The number of aryl methyl sites for hydroxylation is 1. The third kappa shape index (κ3) is 4.18. The molecule has 0 N–H and O–H groups in total. The molecule has 1 aromatic carbocycles. The maximum absolute atomic E-state index is 13.1. The lowest BCUT2D eigenvalue weighted by Crippen LogP contribution is -2.31. The second-order valence-electron chi connectivity index (χ2n) is 6.46. The number of thiazole rings is 1. The van der Waals surface area contributed by atoms with Crippen molar-refractivity contribution in [3.05, 3.63) is 89.6 Å². The largest absolute Gasteiger partial charge is 0.467 e. The van der Waals surface area contributed by atoms with Gasteiger partial charge in [0.1, 0.15) is 10.8 Å². The summed E-state index contributed by atoms with van der Waals surface area (Å²) in [4.78, 5) is 23.6. The van der Waals surface area contributed by atoms with Crippen molar-refractivity contribution in [2.45, 2.75) is 19.9 Å². The van der Waals surface area contributed by atoms with E-state index in [-0.39, 0.29) is 12.3 Å². The SMILES string of the molecule is Cc1ccc(N(Cc2ccco2)C(=O)Cc2csc(-c3cccnc3)n2)cc1. The molecule has 0 spiro atoms. The monoisotopic (exact) mass is 389 g/mol. The van der Waals surface area contributed by atoms with E-state index in [4.69, 9.17) is 4.42 Å². The van der Waals surface area contributed by atoms with Crippen molar-refractivity contribution in [1.29, 1.82) is 0 Å². The molecule has 3 aromatic heterocycles. The van der Waals surface area contributed by atoms with Crippen LogP contribution in [0, 0.1) is 6.92 Å². The van der Waals surface area contributed by atoms with Crippen LogP contribution < -0.4 is 4.90 Å². The van der Waals surface area contributed by atoms with Crippen LogP contribution in [0.5, 0.6) is 0 Å². The molecular formula is C22H19N3O2S. The number of carbonyl (C=O) groups is 1. The van der Waals surface area contributed by atoms with Gasteiger partial charge in [0.2, 0.25) is 5.91 Å². The van der Waals surface area contributed by atoms with Crippen molar-refractivity contribution < 1.29 is 9.21 Å². The van der Waals surface area contributed by atoms with Crippen LogP contribution in [0.3, 0.4) is 0 Å². The maximum Gasteiger partial charge on any atom is 0.233 e. The molecule has 0 saturated carbocycles. The average molecular weight is 389 g/mol. The Balaban J connectivity index is 1.55. The van der Waals surface area contributed by atoms with Gasteiger partial charge in [-0.3, -0.25) is 9.78 Å².